The van der Waals surface area contributed by atoms with Crippen LogP contribution in [0.15, 0.2) is 59.0 Å². The quantitative estimate of drug-likeness (QED) is 0.410. The largest absolute Gasteiger partial charge is 0.395 e. The maximum Gasteiger partial charge on any atom is 0.249 e. The molecule has 1 heterocycles. The molecule has 22 heavy (non-hydrogen) atoms. The van der Waals surface area contributed by atoms with Gasteiger partial charge < -0.3 is 15.1 Å². The van der Waals surface area contributed by atoms with Crippen molar-refractivity contribution in [2.24, 2.45) is 10.2 Å². The number of nitrogens with zero attached hydrogens (tertiary/aromatic N) is 4. The average molecular weight is 303 g/mol. The van der Waals surface area contributed by atoms with Crippen LogP contribution < -0.4 is 9.63 Å². The van der Waals surface area contributed by atoms with Gasteiger partial charge >= 0.3 is 0 Å². The van der Waals surface area contributed by atoms with E-state index in [4.69, 9.17) is 10.2 Å². The van der Waals surface area contributed by atoms with Gasteiger partial charge in [-0.25, -0.2) is 0 Å². The van der Waals surface area contributed by atoms with Crippen molar-refractivity contribution in [1.29, 1.82) is 0 Å². The van der Waals surface area contributed by atoms with Crippen molar-refractivity contribution < 1.29 is 20.2 Å². The predicted molar refractivity (Wildman–Crippen MR) is 80.8 cm³/mol. The molecule has 0 bridgehead atoms. The van der Waals surface area contributed by atoms with Crippen LogP contribution in [0.3, 0.4) is 0 Å². The summed E-state index contributed by atoms with van der Waals surface area (Å²) in [5, 5.41) is 35.5. The third-order valence-electron chi connectivity index (χ3n) is 3.01. The van der Waals surface area contributed by atoms with Crippen LogP contribution in [0.25, 0.3) is 0 Å². The van der Waals surface area contributed by atoms with Crippen LogP contribution in [0.5, 0.6) is 0 Å². The minimum atomic E-state index is 0.0244. The van der Waals surface area contributed by atoms with E-state index in [1.54, 1.807) is 24.3 Å². The molecule has 0 unspecified atom stereocenters. The fourth-order valence-electron chi connectivity index (χ4n) is 1.97. The smallest absolute Gasteiger partial charge is 0.249 e. The molecule has 0 aliphatic heterocycles. The Hall–Kier alpha value is -2.51. The number of azo groups is 1. The van der Waals surface area contributed by atoms with Crippen molar-refractivity contribution in [2.45, 2.75) is 0 Å². The number of hydrogen-bond donors (Lipinski definition) is 3. The lowest BCUT2D eigenvalue weighted by Crippen LogP contribution is -2.29. The Morgan fingerprint density at radius 2 is 1.55 bits per heavy atom. The van der Waals surface area contributed by atoms with E-state index in [0.29, 0.717) is 24.5 Å². The van der Waals surface area contributed by atoms with Crippen molar-refractivity contribution in [3.63, 3.8) is 0 Å². The summed E-state index contributed by atoms with van der Waals surface area (Å²) in [6, 6.07) is 10.7. The van der Waals surface area contributed by atoms with Crippen LogP contribution in [-0.4, -0.2) is 41.7 Å². The molecule has 0 spiro atoms. The summed E-state index contributed by atoms with van der Waals surface area (Å²) < 4.78 is 0.916. The van der Waals surface area contributed by atoms with Crippen LogP contribution in [0.4, 0.5) is 17.1 Å². The Balaban J connectivity index is 2.08. The average Bonchev–Trinajstić information content (AvgIpc) is 2.53. The topological polar surface area (TPSA) is 92.5 Å². The zero-order chi connectivity index (χ0) is 15.8. The fourth-order valence-corrected chi connectivity index (χ4v) is 1.97. The number of pyridine rings is 1. The second-order valence-corrected chi connectivity index (χ2v) is 4.59. The minimum absolute atomic E-state index is 0.0244. The monoisotopic (exact) mass is 303 g/mol. The van der Waals surface area contributed by atoms with Gasteiger partial charge in [-0.15, -0.1) is 5.11 Å². The maximum atomic E-state index is 9.28. The summed E-state index contributed by atoms with van der Waals surface area (Å²) in [6.45, 7) is 0.969. The molecule has 0 amide bonds. The zero-order valence-corrected chi connectivity index (χ0v) is 12.1. The summed E-state index contributed by atoms with van der Waals surface area (Å²) in [5.41, 5.74) is 2.11. The van der Waals surface area contributed by atoms with Gasteiger partial charge in [0.2, 0.25) is 12.4 Å². The standard InChI is InChI=1S/C15H19N4O3/c20-10-8-18(9-11-21)15-5-3-13(4-6-15)16-17-14-2-1-7-19(22)12-14/h1-7,12,20-22H,8-11H2/q+1. The van der Waals surface area contributed by atoms with Gasteiger partial charge in [0.25, 0.3) is 0 Å². The second kappa shape index (κ2) is 8.06. The van der Waals surface area contributed by atoms with Crippen LogP contribution >= 0.6 is 0 Å². The van der Waals surface area contributed by atoms with E-state index in [1.165, 1.54) is 12.4 Å². The van der Waals surface area contributed by atoms with Crippen LogP contribution in [-0.2, 0) is 0 Å². The Bertz CT molecular complexity index is 610. The summed E-state index contributed by atoms with van der Waals surface area (Å²) in [4.78, 5) is 1.88. The molecule has 0 aliphatic rings. The Kier molecular flexibility index (Phi) is 5.81. The van der Waals surface area contributed by atoms with Crippen molar-refractivity contribution in [1.82, 2.24) is 0 Å². The van der Waals surface area contributed by atoms with Crippen molar-refractivity contribution in [3.05, 3.63) is 48.8 Å². The highest BCUT2D eigenvalue weighted by Crippen LogP contribution is 2.21. The second-order valence-electron chi connectivity index (χ2n) is 4.59. The molecule has 1 aromatic heterocycles. The van der Waals surface area contributed by atoms with Crippen molar-refractivity contribution in [3.8, 4) is 0 Å². The highest BCUT2D eigenvalue weighted by molar-refractivity contribution is 5.52. The molecule has 0 aliphatic carbocycles. The van der Waals surface area contributed by atoms with Crippen LogP contribution in [0.2, 0.25) is 0 Å². The molecule has 3 N–H and O–H groups in total. The molecular formula is C15H19N4O3+. The lowest BCUT2D eigenvalue weighted by Gasteiger charge is -2.22. The molecule has 1 aromatic carbocycles. The van der Waals surface area contributed by atoms with Gasteiger partial charge in [-0.3, -0.25) is 5.21 Å². The highest BCUT2D eigenvalue weighted by Gasteiger charge is 2.05. The van der Waals surface area contributed by atoms with E-state index in [2.05, 4.69) is 10.2 Å². The summed E-state index contributed by atoms with van der Waals surface area (Å²) in [7, 11) is 0. The third-order valence-corrected chi connectivity index (χ3v) is 3.01. The van der Waals surface area contributed by atoms with Gasteiger partial charge in [-0.1, -0.05) is 0 Å². The van der Waals surface area contributed by atoms with E-state index < -0.39 is 0 Å². The van der Waals surface area contributed by atoms with E-state index >= 15 is 0 Å². The number of benzene rings is 1. The normalized spacial score (nSPS) is 11.0. The molecule has 0 fully saturated rings. The van der Waals surface area contributed by atoms with Crippen molar-refractivity contribution in [2.75, 3.05) is 31.2 Å². The Morgan fingerprint density at radius 1 is 0.909 bits per heavy atom. The van der Waals surface area contributed by atoms with Gasteiger partial charge in [0.15, 0.2) is 5.69 Å². The number of aliphatic hydroxyl groups is 2. The van der Waals surface area contributed by atoms with E-state index in [0.717, 1.165) is 10.4 Å². The first-order valence-electron chi connectivity index (χ1n) is 6.92. The number of aromatic nitrogens is 1. The minimum Gasteiger partial charge on any atom is -0.395 e. The number of anilines is 1. The number of hydrogen-bond acceptors (Lipinski definition) is 6. The van der Waals surface area contributed by atoms with Gasteiger partial charge in [0.05, 0.1) is 18.9 Å². The summed E-state index contributed by atoms with van der Waals surface area (Å²) in [5.74, 6) is 0. The first-order valence-corrected chi connectivity index (χ1v) is 6.92. The van der Waals surface area contributed by atoms with Gasteiger partial charge in [-0.2, -0.15) is 5.11 Å². The molecule has 7 nitrogen and oxygen atoms in total. The molecule has 0 saturated carbocycles. The third kappa shape index (κ3) is 4.51. The van der Waals surface area contributed by atoms with Crippen molar-refractivity contribution >= 4 is 17.1 Å². The van der Waals surface area contributed by atoms with Crippen LogP contribution in [0.1, 0.15) is 0 Å². The molecule has 7 heteroatoms. The Morgan fingerprint density at radius 3 is 2.14 bits per heavy atom. The summed E-state index contributed by atoms with van der Waals surface area (Å²) in [6.07, 6.45) is 2.94. The number of rotatable bonds is 7. The molecule has 2 aromatic rings. The van der Waals surface area contributed by atoms with Gasteiger partial charge in [-0.05, 0) is 30.3 Å². The van der Waals surface area contributed by atoms with Gasteiger partial charge in [0, 0.05) is 29.6 Å². The van der Waals surface area contributed by atoms with E-state index in [9.17, 15) is 5.21 Å². The van der Waals surface area contributed by atoms with Crippen LogP contribution in [0, 0.1) is 0 Å². The molecule has 0 atom stereocenters. The Labute approximate surface area is 128 Å². The molecule has 0 saturated heterocycles. The predicted octanol–water partition coefficient (Wildman–Crippen LogP) is 1.42. The van der Waals surface area contributed by atoms with E-state index in [1.807, 2.05) is 17.0 Å². The molecule has 0 radical (unpaired) electrons. The molecular weight excluding hydrogens is 284 g/mol. The molecule has 2 rings (SSSR count). The first kappa shape index (κ1) is 15.9. The molecule has 116 valence electrons. The van der Waals surface area contributed by atoms with Gasteiger partial charge in [0.1, 0.15) is 0 Å². The maximum absolute atomic E-state index is 9.28. The lowest BCUT2D eigenvalue weighted by atomic mass is 10.2. The number of aliphatic hydroxyl groups excluding tert-OH is 2. The summed E-state index contributed by atoms with van der Waals surface area (Å²) >= 11 is 0. The first-order chi connectivity index (χ1) is 10.7. The zero-order valence-electron chi connectivity index (χ0n) is 12.1. The highest BCUT2D eigenvalue weighted by atomic mass is 16.5. The fraction of sp³-hybridized carbons (Fsp3) is 0.267. The van der Waals surface area contributed by atoms with E-state index in [-0.39, 0.29) is 13.2 Å². The SMILES string of the molecule is OCCN(CCO)c1ccc(N=Nc2ccc[n+](O)c2)cc1. The lowest BCUT2D eigenvalue weighted by molar-refractivity contribution is -0.904.